The van der Waals surface area contributed by atoms with Crippen LogP contribution in [0.2, 0.25) is 0 Å². The van der Waals surface area contributed by atoms with Crippen molar-refractivity contribution in [2.24, 2.45) is 5.92 Å². The van der Waals surface area contributed by atoms with Crippen molar-refractivity contribution in [1.29, 1.82) is 0 Å². The van der Waals surface area contributed by atoms with Crippen LogP contribution in [0.3, 0.4) is 0 Å². The van der Waals surface area contributed by atoms with Crippen molar-refractivity contribution in [3.8, 4) is 0 Å². The Morgan fingerprint density at radius 3 is 2.60 bits per heavy atom. The van der Waals surface area contributed by atoms with Gasteiger partial charge in [0, 0.05) is 19.3 Å². The van der Waals surface area contributed by atoms with Gasteiger partial charge in [0.15, 0.2) is 0 Å². The van der Waals surface area contributed by atoms with Crippen LogP contribution in [0.1, 0.15) is 51.5 Å². The Morgan fingerprint density at radius 2 is 1.96 bits per heavy atom. The first-order valence-corrected chi connectivity index (χ1v) is 9.77. The quantitative estimate of drug-likeness (QED) is 0.655. The molecule has 2 rings (SSSR count). The molecule has 0 bridgehead atoms. The summed E-state index contributed by atoms with van der Waals surface area (Å²) in [5.41, 5.74) is 1.16. The Balaban J connectivity index is 1.94. The van der Waals surface area contributed by atoms with Crippen molar-refractivity contribution >= 4 is 5.97 Å². The van der Waals surface area contributed by atoms with Crippen LogP contribution in [0.15, 0.2) is 30.3 Å². The molecule has 2 unspecified atom stereocenters. The first kappa shape index (κ1) is 19.9. The molecule has 4 heteroatoms. The Bertz CT molecular complexity index is 485. The zero-order valence-corrected chi connectivity index (χ0v) is 15.7. The van der Waals surface area contributed by atoms with E-state index in [4.69, 9.17) is 9.47 Å². The number of hydrogen-bond donors (Lipinski definition) is 1. The van der Waals surface area contributed by atoms with Crippen molar-refractivity contribution in [1.82, 2.24) is 5.32 Å². The first-order valence-electron chi connectivity index (χ1n) is 9.77. The van der Waals surface area contributed by atoms with E-state index in [-0.39, 0.29) is 12.0 Å². The summed E-state index contributed by atoms with van der Waals surface area (Å²) in [6.45, 7) is 6.42. The number of rotatable bonds is 10. The molecule has 0 amide bonds. The minimum atomic E-state index is -0.279. The van der Waals surface area contributed by atoms with Gasteiger partial charge in [0.05, 0.1) is 6.61 Å². The molecule has 140 valence electrons. The van der Waals surface area contributed by atoms with Crippen molar-refractivity contribution in [3.05, 3.63) is 35.9 Å². The summed E-state index contributed by atoms with van der Waals surface area (Å²) in [5, 5.41) is 3.54. The van der Waals surface area contributed by atoms with Crippen LogP contribution in [0.4, 0.5) is 0 Å². The van der Waals surface area contributed by atoms with Crippen LogP contribution in [-0.2, 0) is 20.7 Å². The molecule has 1 N–H and O–H groups in total. The third kappa shape index (κ3) is 7.17. The third-order valence-electron chi connectivity index (χ3n) is 4.94. The van der Waals surface area contributed by atoms with E-state index in [1.54, 1.807) is 0 Å². The van der Waals surface area contributed by atoms with Crippen molar-refractivity contribution in [2.45, 2.75) is 64.5 Å². The molecule has 1 fully saturated rings. The Morgan fingerprint density at radius 1 is 1.24 bits per heavy atom. The van der Waals surface area contributed by atoms with Gasteiger partial charge in [-0.3, -0.25) is 4.79 Å². The lowest BCUT2D eigenvalue weighted by molar-refractivity contribution is -0.148. The molecular weight excluding hydrogens is 314 g/mol. The second-order valence-corrected chi connectivity index (χ2v) is 6.99. The molecule has 0 aliphatic carbocycles. The topological polar surface area (TPSA) is 47.6 Å². The van der Waals surface area contributed by atoms with Gasteiger partial charge in [-0.25, -0.2) is 0 Å². The van der Waals surface area contributed by atoms with Crippen LogP contribution in [0.25, 0.3) is 0 Å². The second-order valence-electron chi connectivity index (χ2n) is 6.99. The summed E-state index contributed by atoms with van der Waals surface area (Å²) < 4.78 is 11.1. The average Bonchev–Trinajstić information content (AvgIpc) is 2.66. The van der Waals surface area contributed by atoms with Crippen molar-refractivity contribution in [3.63, 3.8) is 0 Å². The summed E-state index contributed by atoms with van der Waals surface area (Å²) in [6.07, 6.45) is 5.85. The van der Waals surface area contributed by atoms with Gasteiger partial charge in [-0.2, -0.15) is 0 Å². The van der Waals surface area contributed by atoms with E-state index in [9.17, 15) is 4.79 Å². The molecule has 1 aliphatic heterocycles. The van der Waals surface area contributed by atoms with E-state index in [2.05, 4.69) is 31.3 Å². The molecule has 1 aromatic carbocycles. The number of hydrogen-bond acceptors (Lipinski definition) is 4. The molecule has 1 aliphatic rings. The molecule has 0 radical (unpaired) electrons. The molecule has 1 heterocycles. The van der Waals surface area contributed by atoms with Gasteiger partial charge in [0.25, 0.3) is 0 Å². The van der Waals surface area contributed by atoms with Crippen LogP contribution >= 0.6 is 0 Å². The number of carbonyl (C=O) groups is 1. The van der Waals surface area contributed by atoms with Gasteiger partial charge in [0.2, 0.25) is 0 Å². The second kappa shape index (κ2) is 11.3. The zero-order valence-electron chi connectivity index (χ0n) is 15.7. The summed E-state index contributed by atoms with van der Waals surface area (Å²) in [6, 6.07) is 10.3. The van der Waals surface area contributed by atoms with Crippen LogP contribution in [-0.4, -0.2) is 37.9 Å². The molecule has 0 spiro atoms. The minimum Gasteiger partial charge on any atom is -0.464 e. The molecule has 25 heavy (non-hydrogen) atoms. The number of esters is 1. The maximum atomic E-state index is 12.7. The maximum Gasteiger partial charge on any atom is 0.323 e. The number of benzene rings is 1. The Labute approximate surface area is 152 Å². The van der Waals surface area contributed by atoms with Gasteiger partial charge < -0.3 is 14.8 Å². The normalized spacial score (nSPS) is 17.8. The van der Waals surface area contributed by atoms with E-state index in [1.807, 2.05) is 18.2 Å². The largest absolute Gasteiger partial charge is 0.464 e. The highest BCUT2D eigenvalue weighted by atomic mass is 16.5. The first-order chi connectivity index (χ1) is 12.2. The fourth-order valence-electron chi connectivity index (χ4n) is 3.31. The predicted octanol–water partition coefficient (Wildman–Crippen LogP) is 3.74. The highest BCUT2D eigenvalue weighted by molar-refractivity contribution is 5.76. The van der Waals surface area contributed by atoms with Crippen LogP contribution in [0, 0.1) is 5.92 Å². The molecule has 1 aromatic rings. The highest BCUT2D eigenvalue weighted by Gasteiger charge is 2.24. The summed E-state index contributed by atoms with van der Waals surface area (Å²) in [4.78, 5) is 12.7. The molecule has 1 saturated heterocycles. The zero-order chi connectivity index (χ0) is 17.9. The van der Waals surface area contributed by atoms with Crippen molar-refractivity contribution < 1.29 is 14.3 Å². The smallest absolute Gasteiger partial charge is 0.323 e. The fraction of sp³-hybridized carbons (Fsp3) is 0.667. The Hall–Kier alpha value is -1.39. The van der Waals surface area contributed by atoms with E-state index in [0.29, 0.717) is 25.0 Å². The van der Waals surface area contributed by atoms with E-state index < -0.39 is 0 Å². The maximum absolute atomic E-state index is 12.7. The van der Waals surface area contributed by atoms with Gasteiger partial charge in [-0.15, -0.1) is 0 Å². The summed E-state index contributed by atoms with van der Waals surface area (Å²) >= 11 is 0. The predicted molar refractivity (Wildman–Crippen MR) is 101 cm³/mol. The lowest BCUT2D eigenvalue weighted by atomic mass is 10.0. The Kier molecular flexibility index (Phi) is 8.98. The van der Waals surface area contributed by atoms with Gasteiger partial charge in [0.1, 0.15) is 6.04 Å². The standard InChI is InChI=1S/C21H33NO3/c1-3-8-19(4-2)22-20(15-17-9-6-5-7-10-17)21(23)25-16-18-11-13-24-14-12-18/h5-7,9-10,18-20,22H,3-4,8,11-16H2,1-2H3. The molecule has 2 atom stereocenters. The lowest BCUT2D eigenvalue weighted by Gasteiger charge is -2.26. The fourth-order valence-corrected chi connectivity index (χ4v) is 3.31. The van der Waals surface area contributed by atoms with E-state index in [0.717, 1.165) is 50.9 Å². The third-order valence-corrected chi connectivity index (χ3v) is 4.94. The molecule has 4 nitrogen and oxygen atoms in total. The number of carbonyl (C=O) groups excluding carboxylic acids is 1. The minimum absolute atomic E-state index is 0.120. The molecule has 0 aromatic heterocycles. The summed E-state index contributed by atoms with van der Waals surface area (Å²) in [7, 11) is 0. The van der Waals surface area contributed by atoms with Crippen molar-refractivity contribution in [2.75, 3.05) is 19.8 Å². The van der Waals surface area contributed by atoms with Crippen LogP contribution < -0.4 is 5.32 Å². The monoisotopic (exact) mass is 347 g/mol. The lowest BCUT2D eigenvalue weighted by Crippen LogP contribution is -2.45. The van der Waals surface area contributed by atoms with E-state index in [1.165, 1.54) is 0 Å². The van der Waals surface area contributed by atoms with Gasteiger partial charge >= 0.3 is 5.97 Å². The number of ether oxygens (including phenoxy) is 2. The van der Waals surface area contributed by atoms with E-state index >= 15 is 0 Å². The SMILES string of the molecule is CCCC(CC)NC(Cc1ccccc1)C(=O)OCC1CCOCC1. The highest BCUT2D eigenvalue weighted by Crippen LogP contribution is 2.16. The summed E-state index contributed by atoms with van der Waals surface area (Å²) in [5.74, 6) is 0.317. The molecular formula is C21H33NO3. The molecule has 0 saturated carbocycles. The average molecular weight is 347 g/mol. The van der Waals surface area contributed by atoms with Crippen LogP contribution in [0.5, 0.6) is 0 Å². The van der Waals surface area contributed by atoms with Gasteiger partial charge in [-0.1, -0.05) is 50.6 Å². The van der Waals surface area contributed by atoms with Gasteiger partial charge in [-0.05, 0) is 43.6 Å². The number of nitrogens with one attached hydrogen (secondary N) is 1.